The van der Waals surface area contributed by atoms with Crippen molar-refractivity contribution >= 4 is 29.2 Å². The van der Waals surface area contributed by atoms with E-state index in [0.29, 0.717) is 30.4 Å². The minimum atomic E-state index is -1.09. The monoisotopic (exact) mass is 340 g/mol. The molecular weight excluding hydrogens is 320 g/mol. The van der Waals surface area contributed by atoms with Crippen LogP contribution < -0.4 is 10.6 Å². The molecule has 1 aromatic heterocycles. The standard InChI is InChI=1S/C15H21ClN4O3/c1-17-13(21)7-15(23)5-2-6-20(10-15)9-14(22)19-12-4-3-11(16)8-18-12/h3-4,8,23H,2,5-7,9-10H2,1H3,(H,17,21)(H,18,19,22). The van der Waals surface area contributed by atoms with Gasteiger partial charge in [-0.05, 0) is 31.5 Å². The van der Waals surface area contributed by atoms with Crippen molar-refractivity contribution in [1.82, 2.24) is 15.2 Å². The van der Waals surface area contributed by atoms with Gasteiger partial charge in [0, 0.05) is 19.8 Å². The molecular formula is C15H21ClN4O3. The fourth-order valence-corrected chi connectivity index (χ4v) is 2.82. The molecule has 1 aliphatic heterocycles. The van der Waals surface area contributed by atoms with Gasteiger partial charge in [0.15, 0.2) is 0 Å². The van der Waals surface area contributed by atoms with E-state index < -0.39 is 5.60 Å². The number of piperidine rings is 1. The Hall–Kier alpha value is -1.70. The van der Waals surface area contributed by atoms with Crippen LogP contribution in [0.2, 0.25) is 5.02 Å². The molecule has 23 heavy (non-hydrogen) atoms. The molecule has 1 fully saturated rings. The highest BCUT2D eigenvalue weighted by molar-refractivity contribution is 6.30. The van der Waals surface area contributed by atoms with E-state index in [-0.39, 0.29) is 24.8 Å². The molecule has 0 saturated carbocycles. The Bertz CT molecular complexity index is 566. The maximum absolute atomic E-state index is 12.1. The van der Waals surface area contributed by atoms with E-state index in [1.807, 2.05) is 4.90 Å². The second-order valence-electron chi connectivity index (χ2n) is 5.80. The summed E-state index contributed by atoms with van der Waals surface area (Å²) in [5.74, 6) is 0.00483. The maximum atomic E-state index is 12.1. The molecule has 1 aliphatic rings. The van der Waals surface area contributed by atoms with Crippen LogP contribution in [0.25, 0.3) is 0 Å². The van der Waals surface area contributed by atoms with Gasteiger partial charge in [0.2, 0.25) is 11.8 Å². The van der Waals surface area contributed by atoms with Gasteiger partial charge < -0.3 is 15.7 Å². The number of halogens is 1. The van der Waals surface area contributed by atoms with Crippen LogP contribution in [-0.4, -0.2) is 59.1 Å². The normalized spacial score (nSPS) is 21.7. The number of hydrogen-bond acceptors (Lipinski definition) is 5. The average Bonchev–Trinajstić information content (AvgIpc) is 2.49. The number of rotatable bonds is 5. The van der Waals surface area contributed by atoms with E-state index in [1.54, 1.807) is 19.2 Å². The lowest BCUT2D eigenvalue weighted by Gasteiger charge is -2.38. The average molecular weight is 341 g/mol. The molecule has 2 rings (SSSR count). The van der Waals surface area contributed by atoms with Crippen LogP contribution in [0.3, 0.4) is 0 Å². The van der Waals surface area contributed by atoms with E-state index in [4.69, 9.17) is 11.6 Å². The number of nitrogens with zero attached hydrogens (tertiary/aromatic N) is 2. The summed E-state index contributed by atoms with van der Waals surface area (Å²) in [6.45, 7) is 1.14. The van der Waals surface area contributed by atoms with Crippen molar-refractivity contribution in [3.8, 4) is 0 Å². The Labute approximate surface area is 140 Å². The van der Waals surface area contributed by atoms with Crippen LogP contribution in [0.15, 0.2) is 18.3 Å². The maximum Gasteiger partial charge on any atom is 0.239 e. The Balaban J connectivity index is 1.87. The van der Waals surface area contributed by atoms with Crippen molar-refractivity contribution in [2.75, 3.05) is 32.0 Å². The zero-order valence-corrected chi connectivity index (χ0v) is 13.8. The molecule has 7 nitrogen and oxygen atoms in total. The number of carbonyl (C=O) groups is 2. The van der Waals surface area contributed by atoms with Crippen molar-refractivity contribution in [3.05, 3.63) is 23.4 Å². The molecule has 0 aromatic carbocycles. The molecule has 2 heterocycles. The van der Waals surface area contributed by atoms with E-state index in [0.717, 1.165) is 6.42 Å². The molecule has 0 bridgehead atoms. The molecule has 1 aromatic rings. The van der Waals surface area contributed by atoms with Crippen molar-refractivity contribution in [2.24, 2.45) is 0 Å². The summed E-state index contributed by atoms with van der Waals surface area (Å²) in [6, 6.07) is 3.27. The molecule has 0 aliphatic carbocycles. The van der Waals surface area contributed by atoms with Gasteiger partial charge >= 0.3 is 0 Å². The summed E-state index contributed by atoms with van der Waals surface area (Å²) in [4.78, 5) is 29.4. The second-order valence-corrected chi connectivity index (χ2v) is 6.23. The van der Waals surface area contributed by atoms with Crippen LogP contribution in [0.5, 0.6) is 0 Å². The SMILES string of the molecule is CNC(=O)CC1(O)CCCN(CC(=O)Nc2ccc(Cl)cn2)C1. The summed E-state index contributed by atoms with van der Waals surface area (Å²) in [5, 5.41) is 16.2. The zero-order chi connectivity index (χ0) is 16.9. The minimum absolute atomic E-state index is 0.0420. The Morgan fingerprint density at radius 2 is 2.22 bits per heavy atom. The number of amides is 2. The molecule has 1 saturated heterocycles. The van der Waals surface area contributed by atoms with Crippen molar-refractivity contribution in [2.45, 2.75) is 24.9 Å². The Morgan fingerprint density at radius 1 is 1.43 bits per heavy atom. The van der Waals surface area contributed by atoms with Crippen LogP contribution in [0.1, 0.15) is 19.3 Å². The highest BCUT2D eigenvalue weighted by Gasteiger charge is 2.35. The Morgan fingerprint density at radius 3 is 2.87 bits per heavy atom. The van der Waals surface area contributed by atoms with E-state index in [9.17, 15) is 14.7 Å². The van der Waals surface area contributed by atoms with Gasteiger partial charge in [-0.2, -0.15) is 0 Å². The number of anilines is 1. The van der Waals surface area contributed by atoms with E-state index >= 15 is 0 Å². The number of aliphatic hydroxyl groups is 1. The van der Waals surface area contributed by atoms with Crippen LogP contribution in [-0.2, 0) is 9.59 Å². The third-order valence-corrected chi connectivity index (χ3v) is 3.99. The van der Waals surface area contributed by atoms with Gasteiger partial charge in [0.1, 0.15) is 5.82 Å². The number of hydrogen-bond donors (Lipinski definition) is 3. The molecule has 126 valence electrons. The fraction of sp³-hybridized carbons (Fsp3) is 0.533. The highest BCUT2D eigenvalue weighted by Crippen LogP contribution is 2.24. The van der Waals surface area contributed by atoms with E-state index in [2.05, 4.69) is 15.6 Å². The first-order valence-corrected chi connectivity index (χ1v) is 7.85. The topological polar surface area (TPSA) is 94.6 Å². The first-order valence-electron chi connectivity index (χ1n) is 7.47. The first kappa shape index (κ1) is 17.7. The largest absolute Gasteiger partial charge is 0.388 e. The fourth-order valence-electron chi connectivity index (χ4n) is 2.71. The molecule has 1 unspecified atom stereocenters. The lowest BCUT2D eigenvalue weighted by molar-refractivity contribution is -0.129. The molecule has 0 radical (unpaired) electrons. The van der Waals surface area contributed by atoms with Crippen LogP contribution >= 0.6 is 11.6 Å². The predicted molar refractivity (Wildman–Crippen MR) is 87.2 cm³/mol. The summed E-state index contributed by atoms with van der Waals surface area (Å²) < 4.78 is 0. The second kappa shape index (κ2) is 7.72. The summed E-state index contributed by atoms with van der Waals surface area (Å²) in [6.07, 6.45) is 2.79. The van der Waals surface area contributed by atoms with Gasteiger partial charge in [0.25, 0.3) is 0 Å². The highest BCUT2D eigenvalue weighted by atomic mass is 35.5. The van der Waals surface area contributed by atoms with Crippen molar-refractivity contribution in [3.63, 3.8) is 0 Å². The molecule has 0 spiro atoms. The number of pyridine rings is 1. The van der Waals surface area contributed by atoms with E-state index in [1.165, 1.54) is 6.20 Å². The number of nitrogens with one attached hydrogen (secondary N) is 2. The number of carbonyl (C=O) groups excluding carboxylic acids is 2. The van der Waals surface area contributed by atoms with Gasteiger partial charge in [-0.1, -0.05) is 11.6 Å². The van der Waals surface area contributed by atoms with Crippen LogP contribution in [0, 0.1) is 0 Å². The lowest BCUT2D eigenvalue weighted by Crippen LogP contribution is -2.51. The molecule has 2 amide bonds. The van der Waals surface area contributed by atoms with Gasteiger partial charge in [0.05, 0.1) is 23.6 Å². The number of likely N-dealkylation sites (tertiary alicyclic amines) is 1. The van der Waals surface area contributed by atoms with Gasteiger partial charge in [-0.3, -0.25) is 14.5 Å². The van der Waals surface area contributed by atoms with Crippen molar-refractivity contribution in [1.29, 1.82) is 0 Å². The predicted octanol–water partition coefficient (Wildman–Crippen LogP) is 0.636. The summed E-state index contributed by atoms with van der Waals surface area (Å²) in [5.41, 5.74) is -1.09. The third-order valence-electron chi connectivity index (χ3n) is 3.76. The third kappa shape index (κ3) is 5.46. The smallest absolute Gasteiger partial charge is 0.239 e. The minimum Gasteiger partial charge on any atom is -0.388 e. The number of β-amino-alcohol motifs (C(OH)–C–C–N with tert-alkyl or cyclic N) is 1. The Kier molecular flexibility index (Phi) is 5.92. The van der Waals surface area contributed by atoms with Gasteiger partial charge in [-0.15, -0.1) is 0 Å². The van der Waals surface area contributed by atoms with Crippen molar-refractivity contribution < 1.29 is 14.7 Å². The molecule has 3 N–H and O–H groups in total. The van der Waals surface area contributed by atoms with Gasteiger partial charge in [-0.25, -0.2) is 4.98 Å². The first-order chi connectivity index (χ1) is 10.9. The quantitative estimate of drug-likeness (QED) is 0.731. The van der Waals surface area contributed by atoms with Crippen LogP contribution in [0.4, 0.5) is 5.82 Å². The molecule has 8 heteroatoms. The summed E-state index contributed by atoms with van der Waals surface area (Å²) in [7, 11) is 1.54. The molecule has 1 atom stereocenters. The zero-order valence-electron chi connectivity index (χ0n) is 13.0. The number of aromatic nitrogens is 1. The summed E-state index contributed by atoms with van der Waals surface area (Å²) >= 11 is 5.74. The lowest BCUT2D eigenvalue weighted by atomic mass is 9.89.